The number of carbonyl (C=O) groups is 3. The monoisotopic (exact) mass is 338 g/mol. The lowest BCUT2D eigenvalue weighted by Gasteiger charge is -2.20. The third kappa shape index (κ3) is 3.44. The highest BCUT2D eigenvalue weighted by atomic mass is 16.4. The number of carbonyl (C=O) groups excluding carboxylic acids is 3. The molecule has 2 aromatic carbocycles. The number of benzene rings is 2. The average Bonchev–Trinajstić information content (AvgIpc) is 2.90. The van der Waals surface area contributed by atoms with Crippen LogP contribution < -0.4 is 14.9 Å². The molecule has 1 unspecified atom stereocenters. The van der Waals surface area contributed by atoms with Gasteiger partial charge < -0.3 is 14.8 Å². The number of carboxylic acids is 1. The fourth-order valence-corrected chi connectivity index (χ4v) is 3.08. The maximum atomic E-state index is 12.7. The number of aromatic carboxylic acids is 1. The first-order valence-electron chi connectivity index (χ1n) is 8.02. The average molecular weight is 338 g/mol. The minimum absolute atomic E-state index is 0.00576. The summed E-state index contributed by atoms with van der Waals surface area (Å²) in [5.74, 6) is -1.83. The summed E-state index contributed by atoms with van der Waals surface area (Å²) >= 11 is 0. The molecule has 3 rings (SSSR count). The maximum absolute atomic E-state index is 12.7. The number of imide groups is 1. The van der Waals surface area contributed by atoms with Crippen molar-refractivity contribution >= 4 is 23.5 Å². The Kier molecular flexibility index (Phi) is 4.63. The van der Waals surface area contributed by atoms with Crippen LogP contribution in [0.3, 0.4) is 0 Å². The molecular formula is C19H18N2O4. The van der Waals surface area contributed by atoms with Crippen molar-refractivity contribution in [3.63, 3.8) is 0 Å². The van der Waals surface area contributed by atoms with E-state index in [2.05, 4.69) is 0 Å². The van der Waals surface area contributed by atoms with Crippen LogP contribution in [0.2, 0.25) is 0 Å². The van der Waals surface area contributed by atoms with E-state index in [1.165, 1.54) is 24.3 Å². The third-order valence-corrected chi connectivity index (χ3v) is 4.43. The van der Waals surface area contributed by atoms with E-state index in [0.717, 1.165) is 15.4 Å². The van der Waals surface area contributed by atoms with Crippen LogP contribution in [0.1, 0.15) is 22.3 Å². The highest BCUT2D eigenvalue weighted by Gasteiger charge is 2.44. The summed E-state index contributed by atoms with van der Waals surface area (Å²) in [5.41, 5.74) is 1.48. The van der Waals surface area contributed by atoms with Gasteiger partial charge in [0.1, 0.15) is 6.54 Å². The van der Waals surface area contributed by atoms with Crippen molar-refractivity contribution in [2.45, 2.75) is 19.0 Å². The molecule has 2 amide bonds. The van der Waals surface area contributed by atoms with Gasteiger partial charge in [0.25, 0.3) is 5.91 Å². The second-order valence-corrected chi connectivity index (χ2v) is 6.17. The minimum atomic E-state index is -1.30. The van der Waals surface area contributed by atoms with Crippen molar-refractivity contribution < 1.29 is 24.4 Å². The van der Waals surface area contributed by atoms with Gasteiger partial charge in [0.2, 0.25) is 5.91 Å². The number of quaternary nitrogens is 1. The SMILES string of the molecule is C[NH+](Cc1ccccc1)[C@H]1CC(=O)N(c2ccc(C(=O)[O-])cc2)C1=O. The van der Waals surface area contributed by atoms with E-state index >= 15 is 0 Å². The molecule has 1 saturated heterocycles. The second kappa shape index (κ2) is 6.86. The van der Waals surface area contributed by atoms with Gasteiger partial charge in [0.15, 0.2) is 6.04 Å². The lowest BCUT2D eigenvalue weighted by atomic mass is 10.1. The van der Waals surface area contributed by atoms with Crippen molar-refractivity contribution in [3.8, 4) is 0 Å². The summed E-state index contributed by atoms with van der Waals surface area (Å²) < 4.78 is 0. The Morgan fingerprint density at radius 3 is 2.36 bits per heavy atom. The Bertz CT molecular complexity index is 802. The number of anilines is 1. The largest absolute Gasteiger partial charge is 0.545 e. The maximum Gasteiger partial charge on any atom is 0.292 e. The van der Waals surface area contributed by atoms with Gasteiger partial charge in [-0.2, -0.15) is 0 Å². The van der Waals surface area contributed by atoms with Gasteiger partial charge in [-0.25, -0.2) is 4.90 Å². The quantitative estimate of drug-likeness (QED) is 0.738. The van der Waals surface area contributed by atoms with Crippen molar-refractivity contribution in [2.75, 3.05) is 11.9 Å². The molecule has 0 radical (unpaired) electrons. The molecule has 0 bridgehead atoms. The molecular weight excluding hydrogens is 320 g/mol. The molecule has 2 aromatic rings. The van der Waals surface area contributed by atoms with E-state index in [9.17, 15) is 19.5 Å². The van der Waals surface area contributed by atoms with Crippen molar-refractivity contribution in [1.82, 2.24) is 0 Å². The van der Waals surface area contributed by atoms with Crippen LogP contribution in [-0.4, -0.2) is 30.9 Å². The fraction of sp³-hybridized carbons (Fsp3) is 0.211. The first-order chi connectivity index (χ1) is 12.0. The van der Waals surface area contributed by atoms with Crippen molar-refractivity contribution in [2.24, 2.45) is 0 Å². The number of nitrogens with zero attached hydrogens (tertiary/aromatic N) is 1. The Labute approximate surface area is 145 Å². The molecule has 1 aliphatic heterocycles. The zero-order valence-corrected chi connectivity index (χ0v) is 13.8. The van der Waals surface area contributed by atoms with Crippen molar-refractivity contribution in [1.29, 1.82) is 0 Å². The summed E-state index contributed by atoms with van der Waals surface area (Å²) in [5, 5.41) is 10.8. The number of nitrogens with one attached hydrogen (secondary N) is 1. The molecule has 0 saturated carbocycles. The lowest BCUT2D eigenvalue weighted by molar-refractivity contribution is -0.908. The number of likely N-dealkylation sites (N-methyl/N-ethyl adjacent to an activating group) is 1. The molecule has 0 spiro atoms. The Balaban J connectivity index is 1.76. The number of hydrogen-bond acceptors (Lipinski definition) is 4. The van der Waals surface area contributed by atoms with Crippen LogP contribution >= 0.6 is 0 Å². The van der Waals surface area contributed by atoms with E-state index in [0.29, 0.717) is 12.2 Å². The van der Waals surface area contributed by atoms with Gasteiger partial charge in [-0.15, -0.1) is 0 Å². The smallest absolute Gasteiger partial charge is 0.292 e. The molecule has 25 heavy (non-hydrogen) atoms. The third-order valence-electron chi connectivity index (χ3n) is 4.43. The fourth-order valence-electron chi connectivity index (χ4n) is 3.08. The van der Waals surface area contributed by atoms with Gasteiger partial charge in [-0.05, 0) is 17.7 Å². The standard InChI is InChI=1S/C19H18N2O4/c1-20(12-13-5-3-2-4-6-13)16-11-17(22)21(18(16)23)15-9-7-14(8-10-15)19(24)25/h2-10,16H,11-12H2,1H3,(H,24,25)/t16-/m0/s1. The predicted octanol–water partition coefficient (Wildman–Crippen LogP) is -0.603. The van der Waals surface area contributed by atoms with Crippen molar-refractivity contribution in [3.05, 3.63) is 65.7 Å². The number of carboxylic acid groups (broad SMARTS) is 1. The highest BCUT2D eigenvalue weighted by molar-refractivity contribution is 6.21. The molecule has 1 aliphatic rings. The zero-order valence-electron chi connectivity index (χ0n) is 13.8. The van der Waals surface area contributed by atoms with Crippen LogP contribution in [0.4, 0.5) is 5.69 Å². The number of rotatable bonds is 5. The Morgan fingerprint density at radius 1 is 1.12 bits per heavy atom. The van der Waals surface area contributed by atoms with E-state index in [1.807, 2.05) is 37.4 Å². The van der Waals surface area contributed by atoms with Crippen LogP contribution in [0.5, 0.6) is 0 Å². The van der Waals surface area contributed by atoms with Gasteiger partial charge in [0, 0.05) is 5.56 Å². The summed E-state index contributed by atoms with van der Waals surface area (Å²) in [6.45, 7) is 0.641. The molecule has 1 N–H and O–H groups in total. The highest BCUT2D eigenvalue weighted by Crippen LogP contribution is 2.22. The van der Waals surface area contributed by atoms with Gasteiger partial charge in [-0.1, -0.05) is 42.5 Å². The summed E-state index contributed by atoms with van der Waals surface area (Å²) in [6, 6.07) is 14.9. The van der Waals surface area contributed by atoms with E-state index in [1.54, 1.807) is 0 Å². The summed E-state index contributed by atoms with van der Waals surface area (Å²) in [7, 11) is 1.89. The Hall–Kier alpha value is -2.99. The van der Waals surface area contributed by atoms with E-state index in [-0.39, 0.29) is 23.8 Å². The molecule has 1 heterocycles. The van der Waals surface area contributed by atoms with Gasteiger partial charge in [0.05, 0.1) is 25.1 Å². The van der Waals surface area contributed by atoms with Gasteiger partial charge >= 0.3 is 0 Å². The molecule has 128 valence electrons. The summed E-state index contributed by atoms with van der Waals surface area (Å²) in [6.07, 6.45) is 0.139. The predicted molar refractivity (Wildman–Crippen MR) is 88.7 cm³/mol. The molecule has 2 atom stereocenters. The normalized spacial score (nSPS) is 18.4. The second-order valence-electron chi connectivity index (χ2n) is 6.17. The molecule has 1 fully saturated rings. The zero-order chi connectivity index (χ0) is 18.0. The minimum Gasteiger partial charge on any atom is -0.545 e. The van der Waals surface area contributed by atoms with Crippen LogP contribution in [0, 0.1) is 0 Å². The van der Waals surface area contributed by atoms with E-state index < -0.39 is 12.0 Å². The van der Waals surface area contributed by atoms with Crippen LogP contribution in [0.25, 0.3) is 0 Å². The molecule has 6 heteroatoms. The number of amides is 2. The summed E-state index contributed by atoms with van der Waals surface area (Å²) in [4.78, 5) is 38.0. The van der Waals surface area contributed by atoms with Crippen LogP contribution in [0.15, 0.2) is 54.6 Å². The topological polar surface area (TPSA) is 81.9 Å². The molecule has 6 nitrogen and oxygen atoms in total. The molecule has 0 aromatic heterocycles. The van der Waals surface area contributed by atoms with Gasteiger partial charge in [-0.3, -0.25) is 9.59 Å². The van der Waals surface area contributed by atoms with E-state index in [4.69, 9.17) is 0 Å². The molecule has 0 aliphatic carbocycles. The number of hydrogen-bond donors (Lipinski definition) is 1. The first kappa shape index (κ1) is 16.9. The van der Waals surface area contributed by atoms with Crippen LogP contribution in [-0.2, 0) is 16.1 Å². The lowest BCUT2D eigenvalue weighted by Crippen LogP contribution is -3.12. The first-order valence-corrected chi connectivity index (χ1v) is 8.02. The Morgan fingerprint density at radius 2 is 1.76 bits per heavy atom.